The minimum absolute atomic E-state index is 0.377. The van der Waals surface area contributed by atoms with Crippen molar-refractivity contribution in [3.8, 4) is 6.07 Å². The third-order valence-corrected chi connectivity index (χ3v) is 5.73. The number of nitriles is 1. The van der Waals surface area contributed by atoms with Crippen LogP contribution in [0.4, 0.5) is 0 Å². The Bertz CT molecular complexity index is 275. The molecule has 0 aromatic rings. The normalized spacial score (nSPS) is 35.8. The van der Waals surface area contributed by atoms with E-state index in [1.54, 1.807) is 0 Å². The van der Waals surface area contributed by atoms with Crippen LogP contribution < -0.4 is 0 Å². The van der Waals surface area contributed by atoms with Crippen LogP contribution in [0.15, 0.2) is 0 Å². The van der Waals surface area contributed by atoms with Crippen LogP contribution >= 0.6 is 0 Å². The average Bonchev–Trinajstić information content (AvgIpc) is 2.48. The smallest absolute Gasteiger partial charge is 0.0655 e. The Hall–Kier alpha value is -0.510. The Kier molecular flexibility index (Phi) is 6.21. The Morgan fingerprint density at radius 3 is 1.95 bits per heavy atom. The summed E-state index contributed by atoms with van der Waals surface area (Å²) in [7, 11) is 0. The Morgan fingerprint density at radius 2 is 1.42 bits per heavy atom. The number of hydrogen-bond donors (Lipinski definition) is 0. The Labute approximate surface area is 119 Å². The average molecular weight is 261 g/mol. The lowest BCUT2D eigenvalue weighted by molar-refractivity contribution is 0.152. The van der Waals surface area contributed by atoms with Crippen molar-refractivity contribution < 1.29 is 0 Å². The van der Waals surface area contributed by atoms with E-state index in [4.69, 9.17) is 5.26 Å². The number of rotatable bonds is 5. The zero-order chi connectivity index (χ0) is 13.5. The van der Waals surface area contributed by atoms with Gasteiger partial charge in [0.1, 0.15) is 0 Å². The van der Waals surface area contributed by atoms with Gasteiger partial charge in [0.25, 0.3) is 0 Å². The molecular formula is C18H31N. The van der Waals surface area contributed by atoms with E-state index in [9.17, 15) is 0 Å². The van der Waals surface area contributed by atoms with Crippen LogP contribution in [0.2, 0.25) is 0 Å². The third kappa shape index (κ3) is 4.51. The molecule has 0 heterocycles. The van der Waals surface area contributed by atoms with Gasteiger partial charge >= 0.3 is 0 Å². The van der Waals surface area contributed by atoms with Gasteiger partial charge in [0.2, 0.25) is 0 Å². The van der Waals surface area contributed by atoms with Gasteiger partial charge in [0.05, 0.1) is 6.07 Å². The first kappa shape index (κ1) is 14.9. The topological polar surface area (TPSA) is 23.8 Å². The predicted molar refractivity (Wildman–Crippen MR) is 80.7 cm³/mol. The van der Waals surface area contributed by atoms with E-state index in [0.29, 0.717) is 5.92 Å². The molecule has 0 radical (unpaired) electrons. The van der Waals surface area contributed by atoms with E-state index in [2.05, 4.69) is 13.0 Å². The van der Waals surface area contributed by atoms with Gasteiger partial charge in [-0.1, -0.05) is 45.4 Å². The second-order valence-electron chi connectivity index (χ2n) is 7.02. The molecule has 0 N–H and O–H groups in total. The molecule has 0 aromatic heterocycles. The maximum Gasteiger partial charge on any atom is 0.0655 e. The summed E-state index contributed by atoms with van der Waals surface area (Å²) >= 11 is 0. The van der Waals surface area contributed by atoms with E-state index in [-0.39, 0.29) is 0 Å². The summed E-state index contributed by atoms with van der Waals surface area (Å²) in [4.78, 5) is 0. The zero-order valence-electron chi connectivity index (χ0n) is 12.7. The maximum atomic E-state index is 8.98. The van der Waals surface area contributed by atoms with Crippen LogP contribution in [-0.2, 0) is 0 Å². The highest BCUT2D eigenvalue weighted by atomic mass is 14.4. The summed E-state index contributed by atoms with van der Waals surface area (Å²) in [6.07, 6.45) is 16.7. The minimum Gasteiger partial charge on any atom is -0.198 e. The van der Waals surface area contributed by atoms with Gasteiger partial charge in [-0.05, 0) is 56.3 Å². The second kappa shape index (κ2) is 7.93. The van der Waals surface area contributed by atoms with Gasteiger partial charge in [-0.25, -0.2) is 0 Å². The van der Waals surface area contributed by atoms with Crippen molar-refractivity contribution in [3.63, 3.8) is 0 Å². The summed E-state index contributed by atoms with van der Waals surface area (Å²) in [6.45, 7) is 2.30. The van der Waals surface area contributed by atoms with Gasteiger partial charge < -0.3 is 0 Å². The molecule has 1 heteroatoms. The first-order valence-electron chi connectivity index (χ1n) is 8.73. The van der Waals surface area contributed by atoms with Crippen LogP contribution in [0.3, 0.4) is 0 Å². The molecule has 0 atom stereocenters. The molecule has 2 rings (SSSR count). The molecule has 2 saturated carbocycles. The fourth-order valence-electron chi connectivity index (χ4n) is 4.35. The van der Waals surface area contributed by atoms with Crippen molar-refractivity contribution in [1.29, 1.82) is 5.26 Å². The van der Waals surface area contributed by atoms with E-state index in [1.807, 2.05) is 0 Å². The van der Waals surface area contributed by atoms with Gasteiger partial charge in [0, 0.05) is 5.92 Å². The molecule has 0 unspecified atom stereocenters. The maximum absolute atomic E-state index is 8.98. The number of unbranched alkanes of at least 4 members (excludes halogenated alkanes) is 2. The van der Waals surface area contributed by atoms with E-state index in [1.165, 1.54) is 77.0 Å². The molecule has 0 bridgehead atoms. The molecule has 19 heavy (non-hydrogen) atoms. The molecule has 0 spiro atoms. The van der Waals surface area contributed by atoms with E-state index < -0.39 is 0 Å². The van der Waals surface area contributed by atoms with Crippen LogP contribution in [0.1, 0.15) is 84.0 Å². The summed E-state index contributed by atoms with van der Waals surface area (Å²) < 4.78 is 0. The number of hydrogen-bond acceptors (Lipinski definition) is 1. The van der Waals surface area contributed by atoms with Crippen molar-refractivity contribution in [1.82, 2.24) is 0 Å². The lowest BCUT2D eigenvalue weighted by Gasteiger charge is -2.36. The monoisotopic (exact) mass is 261 g/mol. The third-order valence-electron chi connectivity index (χ3n) is 5.73. The van der Waals surface area contributed by atoms with Gasteiger partial charge in [-0.2, -0.15) is 5.26 Å². The summed E-state index contributed by atoms with van der Waals surface area (Å²) in [5, 5.41) is 8.98. The second-order valence-corrected chi connectivity index (χ2v) is 7.02. The van der Waals surface area contributed by atoms with Crippen molar-refractivity contribution >= 4 is 0 Å². The van der Waals surface area contributed by atoms with Gasteiger partial charge in [0.15, 0.2) is 0 Å². The molecule has 0 aromatic carbocycles. The molecular weight excluding hydrogens is 230 g/mol. The Balaban J connectivity index is 1.65. The highest BCUT2D eigenvalue weighted by Crippen LogP contribution is 2.42. The molecule has 0 aliphatic heterocycles. The molecule has 2 fully saturated rings. The highest BCUT2D eigenvalue weighted by Gasteiger charge is 2.30. The van der Waals surface area contributed by atoms with Crippen LogP contribution in [0, 0.1) is 35.0 Å². The van der Waals surface area contributed by atoms with Gasteiger partial charge in [-0.15, -0.1) is 0 Å². The minimum atomic E-state index is 0.377. The molecule has 1 nitrogen and oxygen atoms in total. The molecule has 108 valence electrons. The first-order valence-corrected chi connectivity index (χ1v) is 8.73. The summed E-state index contributed by atoms with van der Waals surface area (Å²) in [6, 6.07) is 2.46. The number of nitrogens with zero attached hydrogens (tertiary/aromatic N) is 1. The fourth-order valence-corrected chi connectivity index (χ4v) is 4.35. The molecule has 0 saturated heterocycles. The SMILES string of the molecule is CCCCC[C@H]1CC[C@H]([C@H]2CC[C@H](C#N)CC2)CC1. The zero-order valence-corrected chi connectivity index (χ0v) is 12.7. The highest BCUT2D eigenvalue weighted by molar-refractivity contribution is 4.89. The van der Waals surface area contributed by atoms with Crippen molar-refractivity contribution in [2.45, 2.75) is 84.0 Å². The molecule has 0 amide bonds. The Morgan fingerprint density at radius 1 is 0.842 bits per heavy atom. The van der Waals surface area contributed by atoms with Crippen LogP contribution in [-0.4, -0.2) is 0 Å². The lowest BCUT2D eigenvalue weighted by Crippen LogP contribution is -2.25. The van der Waals surface area contributed by atoms with Crippen LogP contribution in [0.5, 0.6) is 0 Å². The van der Waals surface area contributed by atoms with Crippen molar-refractivity contribution in [2.24, 2.45) is 23.7 Å². The van der Waals surface area contributed by atoms with Gasteiger partial charge in [-0.3, -0.25) is 0 Å². The van der Waals surface area contributed by atoms with Crippen LogP contribution in [0.25, 0.3) is 0 Å². The predicted octanol–water partition coefficient (Wildman–Crippen LogP) is 5.70. The van der Waals surface area contributed by atoms with Crippen molar-refractivity contribution in [2.75, 3.05) is 0 Å². The molecule has 2 aliphatic rings. The standard InChI is InChI=1S/C18H31N/c1-2-3-4-5-15-6-10-17(11-7-15)18-12-8-16(14-19)9-13-18/h15-18H,2-13H2,1H3/t15-,16-,17-,18-. The van der Waals surface area contributed by atoms with Crippen molar-refractivity contribution in [3.05, 3.63) is 0 Å². The summed E-state index contributed by atoms with van der Waals surface area (Å²) in [5.74, 6) is 3.38. The van der Waals surface area contributed by atoms with E-state index in [0.717, 1.165) is 17.8 Å². The lowest BCUT2D eigenvalue weighted by atomic mass is 9.69. The largest absolute Gasteiger partial charge is 0.198 e. The van der Waals surface area contributed by atoms with E-state index >= 15 is 0 Å². The summed E-state index contributed by atoms with van der Waals surface area (Å²) in [5.41, 5.74) is 0. The molecule has 2 aliphatic carbocycles. The quantitative estimate of drug-likeness (QED) is 0.582. The first-order chi connectivity index (χ1) is 9.33. The fraction of sp³-hybridized carbons (Fsp3) is 0.944.